The molecule has 1 saturated heterocycles. The van der Waals surface area contributed by atoms with Crippen LogP contribution in [0.2, 0.25) is 0 Å². The maximum Gasteiger partial charge on any atom is 0.373 e. The predicted octanol–water partition coefficient (Wildman–Crippen LogP) is 5.11. The third kappa shape index (κ3) is 9.22. The van der Waals surface area contributed by atoms with Crippen molar-refractivity contribution in [2.45, 2.75) is 105 Å². The highest BCUT2D eigenvalue weighted by atomic mass is 16.6. The van der Waals surface area contributed by atoms with E-state index in [0.717, 1.165) is 5.57 Å². The van der Waals surface area contributed by atoms with Gasteiger partial charge in [0.25, 0.3) is 0 Å². The fourth-order valence-electron chi connectivity index (χ4n) is 6.21. The van der Waals surface area contributed by atoms with Crippen LogP contribution >= 0.6 is 0 Å². The Labute approximate surface area is 263 Å². The van der Waals surface area contributed by atoms with Crippen LogP contribution in [0.1, 0.15) is 75.2 Å². The number of cyclic esters (lactones) is 1. The van der Waals surface area contributed by atoms with Crippen LogP contribution < -0.4 is 0 Å². The number of hydrogen-bond donors (Lipinski definition) is 2. The van der Waals surface area contributed by atoms with Crippen molar-refractivity contribution in [3.8, 4) is 0 Å². The van der Waals surface area contributed by atoms with E-state index in [1.807, 2.05) is 40.7 Å². The largest absolute Gasteiger partial charge is 0.490 e. The number of Topliss-reactive ketones (excluding diaryl/α,β-unsaturated/α-hetero) is 2. The number of allylic oxidation sites excluding steroid dienone is 6. The molecule has 0 bridgehead atoms. The molecule has 0 aromatic carbocycles. The lowest BCUT2D eigenvalue weighted by Gasteiger charge is -2.47. The van der Waals surface area contributed by atoms with Gasteiger partial charge in [-0.05, 0) is 32.3 Å². The topological polar surface area (TPSA) is 129 Å². The highest BCUT2D eigenvalue weighted by Crippen LogP contribution is 2.40. The number of hydrogen-bond acceptors (Lipinski definition) is 9. The normalized spacial score (nSPS) is 37.9. The second-order valence-corrected chi connectivity index (χ2v) is 13.1. The quantitative estimate of drug-likeness (QED) is 0.374. The van der Waals surface area contributed by atoms with Crippen LogP contribution in [-0.4, -0.2) is 72.2 Å². The number of carbonyl (C=O) groups is 3. The lowest BCUT2D eigenvalue weighted by atomic mass is 9.77. The van der Waals surface area contributed by atoms with E-state index in [1.165, 1.54) is 20.3 Å². The number of esters is 1. The SMILES string of the molecule is CO/C1=C\C(C)=C\[C@@H](C)C(=O)[C@@H](C)C/C(C)=C/C=C/[C@H](OC)[C@@H]([C@@H](C)[C@@H](O)[C@H](C)[C@@]2(O)CC(=O)[C@H](C)[C@@H](C(C)C)O2)OC1=O. The van der Waals surface area contributed by atoms with E-state index in [-0.39, 0.29) is 47.4 Å². The Hall–Kier alpha value is -2.59. The van der Waals surface area contributed by atoms with Gasteiger partial charge in [-0.25, -0.2) is 4.79 Å². The molecular formula is C35H54O9. The van der Waals surface area contributed by atoms with Gasteiger partial charge >= 0.3 is 5.97 Å². The number of carbonyl (C=O) groups excluding carboxylic acids is 3. The van der Waals surface area contributed by atoms with Crippen LogP contribution in [0, 0.1) is 35.5 Å². The molecule has 44 heavy (non-hydrogen) atoms. The minimum absolute atomic E-state index is 0.0306. The molecule has 0 radical (unpaired) electrons. The van der Waals surface area contributed by atoms with Gasteiger partial charge in [-0.2, -0.15) is 0 Å². The Bertz CT molecular complexity index is 1150. The predicted molar refractivity (Wildman–Crippen MR) is 168 cm³/mol. The average Bonchev–Trinajstić information content (AvgIpc) is 2.96. The molecule has 0 aromatic rings. The molecule has 248 valence electrons. The van der Waals surface area contributed by atoms with E-state index in [0.29, 0.717) is 12.0 Å². The second kappa shape index (κ2) is 16.1. The maximum absolute atomic E-state index is 13.5. The van der Waals surface area contributed by atoms with Crippen molar-refractivity contribution < 1.29 is 43.5 Å². The number of methoxy groups -OCH3 is 2. The van der Waals surface area contributed by atoms with Crippen molar-refractivity contribution in [2.75, 3.05) is 14.2 Å². The summed E-state index contributed by atoms with van der Waals surface area (Å²) in [5, 5.41) is 23.2. The standard InChI is InChI=1S/C35H54O9/c1-19(2)32-24(7)27(36)18-35(40,44-32)26(9)31(38)25(8)33-28(41-10)14-12-13-20(3)15-22(5)30(37)23(6)16-21(4)17-29(42-11)34(39)43-33/h12-14,16-17,19,22-26,28,31-33,38,40H,15,18H2,1-11H3/b14-12+,20-13+,21-16+,29-17-/t22-,23+,24-,25-,26-,28-,31+,32+,33+,35+/m0/s1. The Kier molecular flexibility index (Phi) is 13.8. The molecule has 9 nitrogen and oxygen atoms in total. The Morgan fingerprint density at radius 1 is 1.02 bits per heavy atom. The lowest BCUT2D eigenvalue weighted by Crippen LogP contribution is -2.58. The van der Waals surface area contributed by atoms with E-state index >= 15 is 0 Å². The van der Waals surface area contributed by atoms with Gasteiger partial charge in [-0.3, -0.25) is 9.59 Å². The Balaban J connectivity index is 2.53. The van der Waals surface area contributed by atoms with Crippen molar-refractivity contribution in [2.24, 2.45) is 35.5 Å². The van der Waals surface area contributed by atoms with Gasteiger partial charge in [0.2, 0.25) is 5.76 Å². The highest BCUT2D eigenvalue weighted by molar-refractivity contribution is 5.87. The molecule has 0 spiro atoms. The molecule has 2 aliphatic heterocycles. The van der Waals surface area contributed by atoms with E-state index in [1.54, 1.807) is 45.9 Å². The highest BCUT2D eigenvalue weighted by Gasteiger charge is 2.51. The smallest absolute Gasteiger partial charge is 0.373 e. The summed E-state index contributed by atoms with van der Waals surface area (Å²) in [6, 6.07) is 0. The zero-order valence-electron chi connectivity index (χ0n) is 28.3. The summed E-state index contributed by atoms with van der Waals surface area (Å²) < 4.78 is 23.2. The zero-order chi connectivity index (χ0) is 33.5. The van der Waals surface area contributed by atoms with Crippen LogP contribution in [0.3, 0.4) is 0 Å². The van der Waals surface area contributed by atoms with Crippen LogP contribution in [0.15, 0.2) is 47.3 Å². The van der Waals surface area contributed by atoms with Crippen LogP contribution in [0.5, 0.6) is 0 Å². The summed E-state index contributed by atoms with van der Waals surface area (Å²) >= 11 is 0. The van der Waals surface area contributed by atoms with Crippen LogP contribution in [0.25, 0.3) is 0 Å². The number of ketones is 2. The van der Waals surface area contributed by atoms with Crippen LogP contribution in [0.4, 0.5) is 0 Å². The first kappa shape index (κ1) is 37.6. The molecule has 9 heteroatoms. The Morgan fingerprint density at radius 3 is 2.23 bits per heavy atom. The number of rotatable bonds is 7. The zero-order valence-corrected chi connectivity index (χ0v) is 28.3. The molecule has 0 aromatic heterocycles. The fraction of sp³-hybridized carbons (Fsp3) is 0.686. The maximum atomic E-state index is 13.5. The summed E-state index contributed by atoms with van der Waals surface area (Å²) in [7, 11) is 2.82. The van der Waals surface area contributed by atoms with E-state index in [9.17, 15) is 24.6 Å². The van der Waals surface area contributed by atoms with Crippen LogP contribution in [-0.2, 0) is 33.3 Å². The van der Waals surface area contributed by atoms with Gasteiger partial charge in [0.05, 0.1) is 25.7 Å². The van der Waals surface area contributed by atoms with Gasteiger partial charge < -0.3 is 29.2 Å². The number of aliphatic hydroxyl groups excluding tert-OH is 1. The van der Waals surface area contributed by atoms with Gasteiger partial charge in [-0.1, -0.05) is 83.9 Å². The molecule has 0 saturated carbocycles. The van der Waals surface area contributed by atoms with Gasteiger partial charge in [0.1, 0.15) is 23.8 Å². The van der Waals surface area contributed by atoms with E-state index in [2.05, 4.69) is 0 Å². The molecule has 10 atom stereocenters. The number of ether oxygens (including phenoxy) is 4. The van der Waals surface area contributed by atoms with Crippen molar-refractivity contribution in [3.63, 3.8) is 0 Å². The molecule has 0 aliphatic carbocycles. The molecule has 2 heterocycles. The molecule has 0 unspecified atom stereocenters. The first-order valence-electron chi connectivity index (χ1n) is 15.6. The molecular weight excluding hydrogens is 564 g/mol. The second-order valence-electron chi connectivity index (χ2n) is 13.1. The van der Waals surface area contributed by atoms with Crippen molar-refractivity contribution in [1.82, 2.24) is 0 Å². The minimum Gasteiger partial charge on any atom is -0.490 e. The summed E-state index contributed by atoms with van der Waals surface area (Å²) in [4.78, 5) is 39.3. The third-order valence-electron chi connectivity index (χ3n) is 9.08. The molecule has 1 fully saturated rings. The van der Waals surface area contributed by atoms with Crippen molar-refractivity contribution >= 4 is 17.5 Å². The Morgan fingerprint density at radius 2 is 1.66 bits per heavy atom. The summed E-state index contributed by atoms with van der Waals surface area (Å²) in [5.41, 5.74) is 1.65. The monoisotopic (exact) mass is 618 g/mol. The molecule has 2 aliphatic rings. The van der Waals surface area contributed by atoms with E-state index in [4.69, 9.17) is 18.9 Å². The summed E-state index contributed by atoms with van der Waals surface area (Å²) in [5.74, 6) is -5.49. The van der Waals surface area contributed by atoms with Gasteiger partial charge in [0, 0.05) is 36.7 Å². The average molecular weight is 619 g/mol. The third-order valence-corrected chi connectivity index (χ3v) is 9.08. The molecule has 2 N–H and O–H groups in total. The van der Waals surface area contributed by atoms with Crippen molar-refractivity contribution in [1.29, 1.82) is 0 Å². The van der Waals surface area contributed by atoms with E-state index < -0.39 is 48.0 Å². The summed E-state index contributed by atoms with van der Waals surface area (Å²) in [6.07, 6.45) is 5.43. The minimum atomic E-state index is -1.91. The first-order valence-corrected chi connectivity index (χ1v) is 15.6. The summed E-state index contributed by atoms with van der Waals surface area (Å²) in [6.45, 7) is 16.4. The fourth-order valence-corrected chi connectivity index (χ4v) is 6.21. The van der Waals surface area contributed by atoms with Gasteiger partial charge in [-0.15, -0.1) is 0 Å². The number of aliphatic hydroxyl groups is 2. The lowest BCUT2D eigenvalue weighted by molar-refractivity contribution is -0.300. The first-order chi connectivity index (χ1) is 20.5. The van der Waals surface area contributed by atoms with Gasteiger partial charge in [0.15, 0.2) is 5.79 Å². The molecule has 0 amide bonds. The molecule has 2 rings (SSSR count). The van der Waals surface area contributed by atoms with Crippen molar-refractivity contribution in [3.05, 3.63) is 47.3 Å².